The van der Waals surface area contributed by atoms with Crippen LogP contribution in [0.1, 0.15) is 15.8 Å². The molecule has 0 bridgehead atoms. The molecule has 0 aliphatic heterocycles. The molecule has 2 aromatic rings. The first-order valence-corrected chi connectivity index (χ1v) is 6.10. The van der Waals surface area contributed by atoms with Crippen molar-refractivity contribution in [2.45, 2.75) is 11.8 Å². The highest BCUT2D eigenvalue weighted by Crippen LogP contribution is 2.30. The van der Waals surface area contributed by atoms with Gasteiger partial charge in [0.2, 0.25) is 0 Å². The molecule has 0 aliphatic carbocycles. The van der Waals surface area contributed by atoms with Crippen LogP contribution >= 0.6 is 22.9 Å². The molecule has 0 spiro atoms. The maximum absolute atomic E-state index is 13.4. The van der Waals surface area contributed by atoms with Gasteiger partial charge < -0.3 is 0 Å². The zero-order chi connectivity index (χ0) is 11.5. The molecular weight excluding hydrogens is 250 g/mol. The fourth-order valence-electron chi connectivity index (χ4n) is 1.52. The molecule has 4 heteroatoms. The van der Waals surface area contributed by atoms with Gasteiger partial charge in [-0.05, 0) is 23.6 Å². The van der Waals surface area contributed by atoms with E-state index in [1.807, 2.05) is 17.5 Å². The van der Waals surface area contributed by atoms with Crippen molar-refractivity contribution in [3.05, 3.63) is 57.8 Å². The van der Waals surface area contributed by atoms with E-state index in [4.69, 9.17) is 11.6 Å². The fraction of sp³-hybridized carbons (Fsp3) is 0.167. The molecule has 0 N–H and O–H groups in total. The van der Waals surface area contributed by atoms with Gasteiger partial charge in [0.25, 0.3) is 0 Å². The zero-order valence-electron chi connectivity index (χ0n) is 8.29. The molecule has 0 nitrogen and oxygen atoms in total. The summed E-state index contributed by atoms with van der Waals surface area (Å²) in [5.74, 6) is -1.17. The Hall–Kier alpha value is -0.930. The summed E-state index contributed by atoms with van der Waals surface area (Å²) in [6, 6.07) is 7.58. The lowest BCUT2D eigenvalue weighted by molar-refractivity contribution is 0.551. The summed E-state index contributed by atoms with van der Waals surface area (Å²) in [7, 11) is 0. The van der Waals surface area contributed by atoms with E-state index in [1.54, 1.807) is 0 Å². The van der Waals surface area contributed by atoms with Crippen LogP contribution in [0, 0.1) is 11.6 Å². The molecule has 16 heavy (non-hydrogen) atoms. The number of alkyl halides is 1. The van der Waals surface area contributed by atoms with Crippen LogP contribution in [0.15, 0.2) is 35.7 Å². The Bertz CT molecular complexity index is 448. The highest BCUT2D eigenvalue weighted by Gasteiger charge is 2.18. The van der Waals surface area contributed by atoms with E-state index in [9.17, 15) is 8.78 Å². The molecule has 1 heterocycles. The summed E-state index contributed by atoms with van der Waals surface area (Å²) in [5, 5.41) is 1.25. The van der Waals surface area contributed by atoms with Gasteiger partial charge in [-0.25, -0.2) is 8.78 Å². The monoisotopic (exact) mass is 258 g/mol. The molecule has 1 aromatic carbocycles. The SMILES string of the molecule is Fc1cccc(F)c1C(Cl)Cc1cccs1. The third-order valence-corrected chi connectivity index (χ3v) is 3.54. The van der Waals surface area contributed by atoms with Crippen molar-refractivity contribution in [2.24, 2.45) is 0 Å². The number of thiophene rings is 1. The number of hydrogen-bond acceptors (Lipinski definition) is 1. The maximum Gasteiger partial charge on any atom is 0.130 e. The van der Waals surface area contributed by atoms with Gasteiger partial charge in [0.05, 0.1) is 5.38 Å². The Morgan fingerprint density at radius 3 is 2.38 bits per heavy atom. The quantitative estimate of drug-likeness (QED) is 0.709. The average molecular weight is 259 g/mol. The van der Waals surface area contributed by atoms with Crippen LogP contribution in [0.3, 0.4) is 0 Å². The van der Waals surface area contributed by atoms with Crippen molar-refractivity contribution < 1.29 is 8.78 Å². The molecule has 0 saturated heterocycles. The van der Waals surface area contributed by atoms with Crippen molar-refractivity contribution in [1.82, 2.24) is 0 Å². The first-order chi connectivity index (χ1) is 7.68. The lowest BCUT2D eigenvalue weighted by Crippen LogP contribution is -2.01. The molecule has 0 saturated carbocycles. The van der Waals surface area contributed by atoms with Crippen LogP contribution in [-0.4, -0.2) is 0 Å². The average Bonchev–Trinajstić information content (AvgIpc) is 2.70. The number of rotatable bonds is 3. The minimum atomic E-state index is -0.667. The molecule has 0 radical (unpaired) electrons. The lowest BCUT2D eigenvalue weighted by atomic mass is 10.1. The minimum Gasteiger partial charge on any atom is -0.207 e. The largest absolute Gasteiger partial charge is 0.207 e. The van der Waals surface area contributed by atoms with Crippen molar-refractivity contribution in [1.29, 1.82) is 0 Å². The van der Waals surface area contributed by atoms with Gasteiger partial charge in [-0.1, -0.05) is 12.1 Å². The Balaban J connectivity index is 2.24. The van der Waals surface area contributed by atoms with Crippen molar-refractivity contribution in [3.8, 4) is 0 Å². The highest BCUT2D eigenvalue weighted by molar-refractivity contribution is 7.09. The van der Waals surface area contributed by atoms with E-state index >= 15 is 0 Å². The Morgan fingerprint density at radius 1 is 1.12 bits per heavy atom. The molecular formula is C12H9ClF2S. The lowest BCUT2D eigenvalue weighted by Gasteiger charge is -2.10. The molecule has 0 aliphatic rings. The van der Waals surface area contributed by atoms with Gasteiger partial charge in [0.15, 0.2) is 0 Å². The van der Waals surface area contributed by atoms with Crippen molar-refractivity contribution in [3.63, 3.8) is 0 Å². The summed E-state index contributed by atoms with van der Waals surface area (Å²) < 4.78 is 26.8. The molecule has 1 aromatic heterocycles. The molecule has 84 valence electrons. The molecule has 0 amide bonds. The van der Waals surface area contributed by atoms with Crippen LogP contribution in [0.4, 0.5) is 8.78 Å². The standard InChI is InChI=1S/C12H9ClF2S/c13-9(7-8-3-2-6-16-8)12-10(14)4-1-5-11(12)15/h1-6,9H,7H2. The Kier molecular flexibility index (Phi) is 3.56. The second-order valence-corrected chi connectivity index (χ2v) is 4.95. The van der Waals surface area contributed by atoms with E-state index in [0.717, 1.165) is 4.88 Å². The van der Waals surface area contributed by atoms with Gasteiger partial charge in [-0.3, -0.25) is 0 Å². The Morgan fingerprint density at radius 2 is 1.81 bits per heavy atom. The summed E-state index contributed by atoms with van der Waals surface area (Å²) in [6.07, 6.45) is 0.442. The number of halogens is 3. The summed E-state index contributed by atoms with van der Waals surface area (Å²) in [4.78, 5) is 1.02. The topological polar surface area (TPSA) is 0 Å². The predicted molar refractivity (Wildman–Crippen MR) is 63.0 cm³/mol. The second kappa shape index (κ2) is 4.93. The van der Waals surface area contributed by atoms with Gasteiger partial charge in [-0.2, -0.15) is 0 Å². The van der Waals surface area contributed by atoms with E-state index in [-0.39, 0.29) is 5.56 Å². The minimum absolute atomic E-state index is 0.0439. The predicted octanol–water partition coefficient (Wildman–Crippen LogP) is 4.55. The van der Waals surface area contributed by atoms with Crippen molar-refractivity contribution in [2.75, 3.05) is 0 Å². The summed E-state index contributed by atoms with van der Waals surface area (Å²) >= 11 is 7.56. The van der Waals surface area contributed by atoms with Crippen molar-refractivity contribution >= 4 is 22.9 Å². The molecule has 0 fully saturated rings. The summed E-state index contributed by atoms with van der Waals surface area (Å²) in [5.41, 5.74) is -0.0439. The van der Waals surface area contributed by atoms with E-state index in [1.165, 1.54) is 29.5 Å². The van der Waals surface area contributed by atoms with E-state index < -0.39 is 17.0 Å². The van der Waals surface area contributed by atoms with Gasteiger partial charge in [-0.15, -0.1) is 22.9 Å². The Labute approximate surface area is 101 Å². The second-order valence-electron chi connectivity index (χ2n) is 3.39. The number of benzene rings is 1. The highest BCUT2D eigenvalue weighted by atomic mass is 35.5. The van der Waals surface area contributed by atoms with Crippen LogP contribution in [0.5, 0.6) is 0 Å². The van der Waals surface area contributed by atoms with Crippen LogP contribution < -0.4 is 0 Å². The van der Waals surface area contributed by atoms with Gasteiger partial charge in [0, 0.05) is 16.9 Å². The third-order valence-electron chi connectivity index (χ3n) is 2.27. The maximum atomic E-state index is 13.4. The van der Waals surface area contributed by atoms with E-state index in [2.05, 4.69) is 0 Å². The molecule has 1 unspecified atom stereocenters. The fourth-order valence-corrected chi connectivity index (χ4v) is 2.74. The smallest absolute Gasteiger partial charge is 0.130 e. The summed E-state index contributed by atoms with van der Waals surface area (Å²) in [6.45, 7) is 0. The molecule has 1 atom stereocenters. The van der Waals surface area contributed by atoms with E-state index in [0.29, 0.717) is 6.42 Å². The van der Waals surface area contributed by atoms with Gasteiger partial charge in [0.1, 0.15) is 11.6 Å². The third kappa shape index (κ3) is 2.42. The van der Waals surface area contributed by atoms with Crippen LogP contribution in [0.2, 0.25) is 0 Å². The van der Waals surface area contributed by atoms with Crippen LogP contribution in [0.25, 0.3) is 0 Å². The first kappa shape index (κ1) is 11.6. The normalized spacial score (nSPS) is 12.7. The number of hydrogen-bond donors (Lipinski definition) is 0. The van der Waals surface area contributed by atoms with Gasteiger partial charge >= 0.3 is 0 Å². The zero-order valence-corrected chi connectivity index (χ0v) is 9.86. The molecule has 2 rings (SSSR count). The first-order valence-electron chi connectivity index (χ1n) is 4.79. The van der Waals surface area contributed by atoms with Crippen LogP contribution in [-0.2, 0) is 6.42 Å².